The molecule has 1 atom stereocenters. The maximum Gasteiger partial charge on any atom is 0.326 e. The summed E-state index contributed by atoms with van der Waals surface area (Å²) in [5.41, 5.74) is -1.54. The first kappa shape index (κ1) is 14.7. The molecule has 104 valence electrons. The molecule has 8 heteroatoms. The van der Waals surface area contributed by atoms with Crippen LogP contribution in [0.25, 0.3) is 0 Å². The van der Waals surface area contributed by atoms with Gasteiger partial charge in [-0.1, -0.05) is 6.92 Å². The van der Waals surface area contributed by atoms with Gasteiger partial charge < -0.3 is 15.4 Å². The number of nitrogens with one attached hydrogen (secondary N) is 3. The second kappa shape index (κ2) is 6.53. The van der Waals surface area contributed by atoms with Crippen LogP contribution in [0.5, 0.6) is 0 Å². The molecule has 1 aromatic heterocycles. The molecule has 1 aromatic rings. The Balaban J connectivity index is 2.46. The van der Waals surface area contributed by atoms with Gasteiger partial charge in [0.25, 0.3) is 11.5 Å². The van der Waals surface area contributed by atoms with Gasteiger partial charge in [-0.2, -0.15) is 0 Å². The second-order valence-corrected chi connectivity index (χ2v) is 4.14. The maximum atomic E-state index is 11.6. The van der Waals surface area contributed by atoms with Crippen LogP contribution in [0, 0.1) is 5.92 Å². The Kier molecular flexibility index (Phi) is 5.04. The Labute approximate surface area is 107 Å². The van der Waals surface area contributed by atoms with Gasteiger partial charge in [0.2, 0.25) is 0 Å². The first-order valence-electron chi connectivity index (χ1n) is 5.75. The van der Waals surface area contributed by atoms with Gasteiger partial charge in [0, 0.05) is 12.6 Å². The van der Waals surface area contributed by atoms with Gasteiger partial charge in [0.05, 0.1) is 5.92 Å². The van der Waals surface area contributed by atoms with Crippen LogP contribution in [0.1, 0.15) is 30.3 Å². The molecule has 8 nitrogen and oxygen atoms in total. The minimum Gasteiger partial charge on any atom is -0.481 e. The van der Waals surface area contributed by atoms with Crippen molar-refractivity contribution >= 4 is 11.9 Å². The number of aromatic nitrogens is 2. The number of hydrogen-bond acceptors (Lipinski definition) is 4. The Hall–Kier alpha value is -2.38. The lowest BCUT2D eigenvalue weighted by molar-refractivity contribution is -0.141. The number of aliphatic carboxylic acids is 1. The van der Waals surface area contributed by atoms with E-state index in [1.54, 1.807) is 6.92 Å². The molecule has 0 radical (unpaired) electrons. The highest BCUT2D eigenvalue weighted by Crippen LogP contribution is 2.04. The summed E-state index contributed by atoms with van der Waals surface area (Å²) in [7, 11) is 0. The largest absolute Gasteiger partial charge is 0.481 e. The molecule has 19 heavy (non-hydrogen) atoms. The average Bonchev–Trinajstić information content (AvgIpc) is 2.32. The van der Waals surface area contributed by atoms with Crippen LogP contribution in [0.15, 0.2) is 15.7 Å². The average molecular weight is 269 g/mol. The third-order valence-corrected chi connectivity index (χ3v) is 2.53. The highest BCUT2D eigenvalue weighted by molar-refractivity contribution is 5.91. The third kappa shape index (κ3) is 4.78. The summed E-state index contributed by atoms with van der Waals surface area (Å²) in [6.45, 7) is 1.85. The molecule has 1 amide bonds. The number of amides is 1. The Morgan fingerprint density at radius 2 is 2.05 bits per heavy atom. The van der Waals surface area contributed by atoms with E-state index in [-0.39, 0.29) is 12.2 Å². The highest BCUT2D eigenvalue weighted by Gasteiger charge is 2.11. The summed E-state index contributed by atoms with van der Waals surface area (Å²) >= 11 is 0. The number of carboxylic acid groups (broad SMARTS) is 1. The lowest BCUT2D eigenvalue weighted by atomic mass is 10.1. The van der Waals surface area contributed by atoms with E-state index >= 15 is 0 Å². The molecule has 0 aromatic carbocycles. The van der Waals surface area contributed by atoms with Gasteiger partial charge in [-0.25, -0.2) is 4.79 Å². The molecule has 1 heterocycles. The fraction of sp³-hybridized carbons (Fsp3) is 0.455. The van der Waals surface area contributed by atoms with E-state index in [1.807, 2.05) is 4.98 Å². The lowest BCUT2D eigenvalue weighted by Gasteiger charge is -2.07. The lowest BCUT2D eigenvalue weighted by Crippen LogP contribution is -2.31. The van der Waals surface area contributed by atoms with Crippen LogP contribution in [0.4, 0.5) is 0 Å². The van der Waals surface area contributed by atoms with Crippen molar-refractivity contribution in [2.45, 2.75) is 19.8 Å². The number of H-pyrrole nitrogens is 2. The van der Waals surface area contributed by atoms with E-state index in [1.165, 1.54) is 0 Å². The van der Waals surface area contributed by atoms with Crippen molar-refractivity contribution in [2.75, 3.05) is 6.54 Å². The Morgan fingerprint density at radius 3 is 2.63 bits per heavy atom. The molecule has 0 spiro atoms. The number of carbonyl (C=O) groups is 2. The molecule has 0 aliphatic heterocycles. The van der Waals surface area contributed by atoms with Crippen molar-refractivity contribution in [3.05, 3.63) is 32.6 Å². The molecule has 0 fully saturated rings. The van der Waals surface area contributed by atoms with E-state index in [0.29, 0.717) is 12.8 Å². The zero-order valence-corrected chi connectivity index (χ0v) is 10.4. The number of hydrogen-bond donors (Lipinski definition) is 4. The van der Waals surface area contributed by atoms with Crippen LogP contribution in [-0.4, -0.2) is 33.5 Å². The van der Waals surface area contributed by atoms with Crippen molar-refractivity contribution in [1.82, 2.24) is 15.3 Å². The maximum absolute atomic E-state index is 11.6. The predicted molar refractivity (Wildman–Crippen MR) is 66.1 cm³/mol. The molecule has 1 unspecified atom stereocenters. The van der Waals surface area contributed by atoms with Crippen LogP contribution >= 0.6 is 0 Å². The van der Waals surface area contributed by atoms with Crippen molar-refractivity contribution in [3.8, 4) is 0 Å². The van der Waals surface area contributed by atoms with E-state index in [2.05, 4.69) is 10.3 Å². The third-order valence-electron chi connectivity index (χ3n) is 2.53. The first-order valence-corrected chi connectivity index (χ1v) is 5.75. The van der Waals surface area contributed by atoms with Crippen molar-refractivity contribution in [3.63, 3.8) is 0 Å². The summed E-state index contributed by atoms with van der Waals surface area (Å²) in [5.74, 6) is -1.94. The van der Waals surface area contributed by atoms with Crippen LogP contribution in [0.2, 0.25) is 0 Å². The number of aromatic amines is 2. The van der Waals surface area contributed by atoms with Crippen molar-refractivity contribution in [1.29, 1.82) is 0 Å². The van der Waals surface area contributed by atoms with Crippen molar-refractivity contribution < 1.29 is 14.7 Å². The Bertz CT molecular complexity index is 546. The summed E-state index contributed by atoms with van der Waals surface area (Å²) in [4.78, 5) is 48.2. The van der Waals surface area contributed by atoms with Gasteiger partial charge >= 0.3 is 11.7 Å². The van der Waals surface area contributed by atoms with Gasteiger partial charge in [-0.15, -0.1) is 0 Å². The topological polar surface area (TPSA) is 132 Å². The molecular weight excluding hydrogens is 254 g/mol. The summed E-state index contributed by atoms with van der Waals surface area (Å²) in [6, 6.07) is 0.983. The molecule has 0 saturated heterocycles. The summed E-state index contributed by atoms with van der Waals surface area (Å²) in [5, 5.41) is 11.2. The van der Waals surface area contributed by atoms with E-state index < -0.39 is 29.0 Å². The second-order valence-electron chi connectivity index (χ2n) is 4.14. The summed E-state index contributed by atoms with van der Waals surface area (Å²) in [6.07, 6.45) is 0.925. The smallest absolute Gasteiger partial charge is 0.326 e. The van der Waals surface area contributed by atoms with Crippen molar-refractivity contribution in [2.24, 2.45) is 5.92 Å². The molecule has 4 N–H and O–H groups in total. The molecule has 0 bridgehead atoms. The molecule has 0 saturated carbocycles. The van der Waals surface area contributed by atoms with E-state index in [4.69, 9.17) is 5.11 Å². The normalized spacial score (nSPS) is 11.8. The molecule has 1 rings (SSSR count). The number of carboxylic acids is 1. The number of rotatable bonds is 6. The standard InChI is InChI=1S/C11H15N3O5/c1-6(10(17)18)3-2-4-12-9(16)7-5-8(15)14-11(19)13-7/h5-6H,2-4H2,1H3,(H,12,16)(H,17,18)(H2,13,14,15,19). The van der Waals surface area contributed by atoms with Gasteiger partial charge in [0.15, 0.2) is 0 Å². The fourth-order valence-corrected chi connectivity index (χ4v) is 1.42. The van der Waals surface area contributed by atoms with E-state index in [0.717, 1.165) is 6.07 Å². The van der Waals surface area contributed by atoms with Gasteiger partial charge in [0.1, 0.15) is 5.69 Å². The summed E-state index contributed by atoms with van der Waals surface area (Å²) < 4.78 is 0. The zero-order valence-electron chi connectivity index (χ0n) is 10.4. The van der Waals surface area contributed by atoms with Crippen LogP contribution in [-0.2, 0) is 4.79 Å². The predicted octanol–water partition coefficient (Wildman–Crippen LogP) is -0.706. The molecule has 0 aliphatic rings. The first-order chi connectivity index (χ1) is 8.90. The SMILES string of the molecule is CC(CCCNC(=O)c1cc(=O)[nH]c(=O)[nH]1)C(=O)O. The fourth-order valence-electron chi connectivity index (χ4n) is 1.42. The van der Waals surface area contributed by atoms with Gasteiger partial charge in [-0.3, -0.25) is 19.4 Å². The highest BCUT2D eigenvalue weighted by atomic mass is 16.4. The zero-order chi connectivity index (χ0) is 14.4. The minimum atomic E-state index is -0.884. The van der Waals surface area contributed by atoms with E-state index in [9.17, 15) is 19.2 Å². The monoisotopic (exact) mass is 269 g/mol. The number of carbonyl (C=O) groups excluding carboxylic acids is 1. The van der Waals surface area contributed by atoms with Gasteiger partial charge in [-0.05, 0) is 12.8 Å². The van der Waals surface area contributed by atoms with Crippen LogP contribution in [0.3, 0.4) is 0 Å². The molecular formula is C11H15N3O5. The Morgan fingerprint density at radius 1 is 1.37 bits per heavy atom. The molecule has 0 aliphatic carbocycles. The quantitative estimate of drug-likeness (QED) is 0.507. The minimum absolute atomic E-state index is 0.125. The van der Waals surface area contributed by atoms with Crippen LogP contribution < -0.4 is 16.6 Å².